The Morgan fingerprint density at radius 2 is 1.93 bits per heavy atom. The number of aromatic hydroxyl groups is 1. The third-order valence-corrected chi connectivity index (χ3v) is 5.33. The lowest BCUT2D eigenvalue weighted by Crippen LogP contribution is -2.50. The van der Waals surface area contributed by atoms with Crippen molar-refractivity contribution in [2.24, 2.45) is 0 Å². The first kappa shape index (κ1) is 16.1. The Labute approximate surface area is 156 Å². The number of nitrogens with zero attached hydrogens (tertiary/aromatic N) is 8. The minimum Gasteiger partial charge on any atom is -0.507 e. The van der Waals surface area contributed by atoms with Crippen molar-refractivity contribution in [1.29, 1.82) is 0 Å². The molecule has 0 radical (unpaired) electrons. The molecule has 2 saturated heterocycles. The molecule has 0 spiro atoms. The van der Waals surface area contributed by atoms with E-state index >= 15 is 0 Å². The van der Waals surface area contributed by atoms with Crippen LogP contribution in [0, 0.1) is 0 Å². The highest BCUT2D eigenvalue weighted by Gasteiger charge is 2.31. The standard InChI is InChI=1S/C18H20N8O/c27-17-10-13(26-20-5-6-21-26)3-4-15(17)16-11-19-18(23-22-16)25-9-8-24-7-1-2-14(24)12-25/h3-6,10-11,14,27H,1-2,7-9,12H2/t14-/m0/s1. The van der Waals surface area contributed by atoms with Gasteiger partial charge in [-0.1, -0.05) is 0 Å². The van der Waals surface area contributed by atoms with Gasteiger partial charge in [0, 0.05) is 37.3 Å². The first-order valence-corrected chi connectivity index (χ1v) is 9.17. The molecule has 0 bridgehead atoms. The van der Waals surface area contributed by atoms with Gasteiger partial charge in [-0.2, -0.15) is 15.0 Å². The molecule has 9 nitrogen and oxygen atoms in total. The van der Waals surface area contributed by atoms with Gasteiger partial charge in [0.2, 0.25) is 5.95 Å². The first-order valence-electron chi connectivity index (χ1n) is 9.17. The van der Waals surface area contributed by atoms with Crippen molar-refractivity contribution < 1.29 is 5.11 Å². The van der Waals surface area contributed by atoms with Crippen LogP contribution >= 0.6 is 0 Å². The smallest absolute Gasteiger partial charge is 0.245 e. The van der Waals surface area contributed by atoms with Crippen molar-refractivity contribution in [3.05, 3.63) is 36.8 Å². The summed E-state index contributed by atoms with van der Waals surface area (Å²) in [7, 11) is 0. The lowest BCUT2D eigenvalue weighted by molar-refractivity contribution is 0.229. The fourth-order valence-corrected chi connectivity index (χ4v) is 3.92. The van der Waals surface area contributed by atoms with E-state index in [-0.39, 0.29) is 5.75 Å². The van der Waals surface area contributed by atoms with Gasteiger partial charge in [-0.3, -0.25) is 4.90 Å². The highest BCUT2D eigenvalue weighted by Crippen LogP contribution is 2.29. The Balaban J connectivity index is 1.36. The zero-order valence-corrected chi connectivity index (χ0v) is 14.8. The Kier molecular flexibility index (Phi) is 3.93. The maximum Gasteiger partial charge on any atom is 0.245 e. The van der Waals surface area contributed by atoms with Crippen molar-refractivity contribution in [3.63, 3.8) is 0 Å². The van der Waals surface area contributed by atoms with Gasteiger partial charge in [0.15, 0.2) is 0 Å². The average molecular weight is 364 g/mol. The number of hydrogen-bond acceptors (Lipinski definition) is 8. The van der Waals surface area contributed by atoms with Crippen molar-refractivity contribution in [2.45, 2.75) is 18.9 Å². The summed E-state index contributed by atoms with van der Waals surface area (Å²) in [6.45, 7) is 4.14. The quantitative estimate of drug-likeness (QED) is 0.738. The van der Waals surface area contributed by atoms with Crippen LogP contribution in [0.4, 0.5) is 5.95 Å². The van der Waals surface area contributed by atoms with Gasteiger partial charge in [-0.05, 0) is 31.5 Å². The lowest BCUT2D eigenvalue weighted by atomic mass is 10.1. The second kappa shape index (κ2) is 6.58. The summed E-state index contributed by atoms with van der Waals surface area (Å²) in [5.74, 6) is 0.746. The molecular formula is C18H20N8O. The number of hydrogen-bond donors (Lipinski definition) is 1. The van der Waals surface area contributed by atoms with Crippen molar-refractivity contribution in [1.82, 2.24) is 35.1 Å². The molecule has 9 heteroatoms. The van der Waals surface area contributed by atoms with E-state index in [4.69, 9.17) is 0 Å². The third kappa shape index (κ3) is 2.99. The molecule has 138 valence electrons. The van der Waals surface area contributed by atoms with E-state index in [1.54, 1.807) is 30.7 Å². The van der Waals surface area contributed by atoms with E-state index in [0.29, 0.717) is 28.9 Å². The van der Waals surface area contributed by atoms with E-state index in [0.717, 1.165) is 19.6 Å². The van der Waals surface area contributed by atoms with Gasteiger partial charge in [-0.15, -0.1) is 10.2 Å². The van der Waals surface area contributed by atoms with Crippen LogP contribution in [0.15, 0.2) is 36.8 Å². The van der Waals surface area contributed by atoms with Gasteiger partial charge in [0.05, 0.1) is 24.3 Å². The molecule has 1 aromatic carbocycles. The number of rotatable bonds is 3. The molecule has 1 atom stereocenters. The molecule has 3 aromatic rings. The van der Waals surface area contributed by atoms with Gasteiger partial charge >= 0.3 is 0 Å². The molecule has 2 aliphatic rings. The second-order valence-electron chi connectivity index (χ2n) is 6.94. The van der Waals surface area contributed by atoms with Crippen LogP contribution in [-0.4, -0.2) is 72.4 Å². The summed E-state index contributed by atoms with van der Waals surface area (Å²) >= 11 is 0. The minimum absolute atomic E-state index is 0.0909. The molecule has 0 aliphatic carbocycles. The number of fused-ring (bicyclic) bond motifs is 1. The van der Waals surface area contributed by atoms with Crippen LogP contribution in [0.25, 0.3) is 16.9 Å². The number of phenols is 1. The van der Waals surface area contributed by atoms with E-state index in [1.165, 1.54) is 24.2 Å². The van der Waals surface area contributed by atoms with E-state index in [1.807, 2.05) is 6.07 Å². The molecule has 0 saturated carbocycles. The maximum absolute atomic E-state index is 10.4. The molecule has 0 amide bonds. The van der Waals surface area contributed by atoms with Crippen molar-refractivity contribution >= 4 is 5.95 Å². The Bertz CT molecular complexity index is 927. The molecular weight excluding hydrogens is 344 g/mol. The maximum atomic E-state index is 10.4. The van der Waals surface area contributed by atoms with Crippen molar-refractivity contribution in [3.8, 4) is 22.7 Å². The molecule has 5 rings (SSSR count). The fourth-order valence-electron chi connectivity index (χ4n) is 3.92. The summed E-state index contributed by atoms with van der Waals surface area (Å²) < 4.78 is 0. The molecule has 1 N–H and O–H groups in total. The third-order valence-electron chi connectivity index (χ3n) is 5.33. The number of piperazine rings is 1. The number of benzene rings is 1. The molecule has 27 heavy (non-hydrogen) atoms. The largest absolute Gasteiger partial charge is 0.507 e. The predicted octanol–water partition coefficient (Wildman–Crippen LogP) is 1.11. The van der Waals surface area contributed by atoms with Gasteiger partial charge in [0.25, 0.3) is 0 Å². The SMILES string of the molecule is Oc1cc(-n2nccn2)ccc1-c1cnc(N2CCN3CCC[C@H]3C2)nn1. The minimum atomic E-state index is 0.0909. The Morgan fingerprint density at radius 3 is 2.70 bits per heavy atom. The average Bonchev–Trinajstić information content (AvgIpc) is 3.39. The Morgan fingerprint density at radius 1 is 1.04 bits per heavy atom. The molecule has 2 aliphatic heterocycles. The highest BCUT2D eigenvalue weighted by molar-refractivity contribution is 5.67. The normalized spacial score (nSPS) is 20.0. The van der Waals surface area contributed by atoms with E-state index < -0.39 is 0 Å². The monoisotopic (exact) mass is 364 g/mol. The van der Waals surface area contributed by atoms with Crippen LogP contribution in [0.2, 0.25) is 0 Å². The van der Waals surface area contributed by atoms with Crippen molar-refractivity contribution in [2.75, 3.05) is 31.1 Å². The topological polar surface area (TPSA) is 96.1 Å². The Hall–Kier alpha value is -3.07. The zero-order chi connectivity index (χ0) is 18.2. The van der Waals surface area contributed by atoms with Crippen LogP contribution in [0.3, 0.4) is 0 Å². The summed E-state index contributed by atoms with van der Waals surface area (Å²) in [4.78, 5) is 10.7. The van der Waals surface area contributed by atoms with Crippen LogP contribution in [0.1, 0.15) is 12.8 Å². The fraction of sp³-hybridized carbons (Fsp3) is 0.389. The summed E-state index contributed by atoms with van der Waals surface area (Å²) in [6, 6.07) is 5.81. The highest BCUT2D eigenvalue weighted by atomic mass is 16.3. The number of phenolic OH excluding ortho intramolecular Hbond substituents is 1. The summed E-state index contributed by atoms with van der Waals surface area (Å²) in [5, 5.41) is 27.1. The predicted molar refractivity (Wildman–Crippen MR) is 98.7 cm³/mol. The van der Waals surface area contributed by atoms with E-state index in [9.17, 15) is 5.11 Å². The second-order valence-corrected chi connectivity index (χ2v) is 6.94. The van der Waals surface area contributed by atoms with Crippen LogP contribution in [-0.2, 0) is 0 Å². The zero-order valence-electron chi connectivity index (χ0n) is 14.8. The van der Waals surface area contributed by atoms with E-state index in [2.05, 4.69) is 35.2 Å². The lowest BCUT2D eigenvalue weighted by Gasteiger charge is -2.37. The molecule has 2 fully saturated rings. The molecule has 0 unspecified atom stereocenters. The van der Waals surface area contributed by atoms with Gasteiger partial charge < -0.3 is 10.0 Å². The summed E-state index contributed by atoms with van der Waals surface area (Å²) in [5.41, 5.74) is 1.79. The van der Waals surface area contributed by atoms with Gasteiger partial charge in [0.1, 0.15) is 11.4 Å². The number of aromatic nitrogens is 6. The number of anilines is 1. The molecule has 2 aromatic heterocycles. The van der Waals surface area contributed by atoms with Crippen LogP contribution < -0.4 is 4.90 Å². The summed E-state index contributed by atoms with van der Waals surface area (Å²) in [6.07, 6.45) is 7.37. The van der Waals surface area contributed by atoms with Gasteiger partial charge in [-0.25, -0.2) is 4.98 Å². The molecule has 4 heterocycles. The van der Waals surface area contributed by atoms with Crippen LogP contribution in [0.5, 0.6) is 5.75 Å². The first-order chi connectivity index (χ1) is 13.3.